The quantitative estimate of drug-likeness (QED) is 0.427. The Kier molecular flexibility index (Phi) is 5.88. The van der Waals surface area contributed by atoms with Crippen molar-refractivity contribution in [1.82, 2.24) is 14.6 Å². The number of carbonyl (C=O) groups is 1. The predicted molar refractivity (Wildman–Crippen MR) is 131 cm³/mol. The molecule has 4 aromatic rings. The Balaban J connectivity index is 1.54. The van der Waals surface area contributed by atoms with Crippen LogP contribution >= 0.6 is 0 Å². The molecule has 3 heterocycles. The minimum absolute atomic E-state index is 0.0251. The van der Waals surface area contributed by atoms with Gasteiger partial charge in [-0.15, -0.1) is 0 Å². The third-order valence-corrected chi connectivity index (χ3v) is 5.67. The van der Waals surface area contributed by atoms with Crippen LogP contribution in [0.5, 0.6) is 11.5 Å². The van der Waals surface area contributed by atoms with Crippen molar-refractivity contribution in [3.05, 3.63) is 84.4 Å². The highest BCUT2D eigenvalue weighted by Crippen LogP contribution is 2.36. The maximum absolute atomic E-state index is 13.6. The van der Waals surface area contributed by atoms with E-state index in [0.717, 1.165) is 16.8 Å². The number of methoxy groups -OCH3 is 1. The second-order valence-electron chi connectivity index (χ2n) is 7.85. The number of ether oxygens (including phenoxy) is 1. The number of aromatic nitrogens is 3. The van der Waals surface area contributed by atoms with Crippen LogP contribution in [-0.4, -0.2) is 45.9 Å². The third kappa shape index (κ3) is 4.31. The number of anilines is 1. The molecule has 35 heavy (non-hydrogen) atoms. The van der Waals surface area contributed by atoms with Crippen LogP contribution in [0.3, 0.4) is 0 Å². The van der Waals surface area contributed by atoms with Crippen molar-refractivity contribution >= 4 is 17.9 Å². The summed E-state index contributed by atoms with van der Waals surface area (Å²) in [5, 5.41) is 9.79. The van der Waals surface area contributed by atoms with Crippen molar-refractivity contribution in [2.24, 2.45) is 0 Å². The number of hydrogen-bond acceptors (Lipinski definition) is 6. The van der Waals surface area contributed by atoms with Gasteiger partial charge in [-0.1, -0.05) is 6.07 Å². The monoisotopic (exact) mass is 471 g/mol. The van der Waals surface area contributed by atoms with E-state index in [1.807, 2.05) is 12.1 Å². The standard InChI is InChI=1S/C26H22FN5O3/c1-35-22-16-17(2-8-21(22)33)3-9-23(34)31-15-14-29-32-25(19-10-12-28-13-11-19)24(30-26(31)32)18-4-6-20(27)7-5-18/h2-13,16,29,33H,14-15H2,1H3. The topological polar surface area (TPSA) is 92.5 Å². The Bertz CT molecular complexity index is 1400. The number of rotatable bonds is 5. The number of amides is 1. The number of pyridine rings is 1. The summed E-state index contributed by atoms with van der Waals surface area (Å²) in [6.07, 6.45) is 6.48. The van der Waals surface area contributed by atoms with Crippen LogP contribution in [0, 0.1) is 5.82 Å². The van der Waals surface area contributed by atoms with Gasteiger partial charge in [0, 0.05) is 42.7 Å². The molecule has 0 atom stereocenters. The number of aromatic hydroxyl groups is 1. The molecular formula is C26H22FN5O3. The molecule has 5 rings (SSSR count). The van der Waals surface area contributed by atoms with Crippen molar-refractivity contribution in [1.29, 1.82) is 0 Å². The molecule has 2 aromatic carbocycles. The van der Waals surface area contributed by atoms with Gasteiger partial charge >= 0.3 is 0 Å². The van der Waals surface area contributed by atoms with Gasteiger partial charge in [-0.3, -0.25) is 14.7 Å². The first-order chi connectivity index (χ1) is 17.0. The van der Waals surface area contributed by atoms with Gasteiger partial charge < -0.3 is 15.3 Å². The Morgan fingerprint density at radius 2 is 1.89 bits per heavy atom. The summed E-state index contributed by atoms with van der Waals surface area (Å²) in [7, 11) is 1.47. The van der Waals surface area contributed by atoms with Gasteiger partial charge in [0.15, 0.2) is 11.5 Å². The predicted octanol–water partition coefficient (Wildman–Crippen LogP) is 4.07. The van der Waals surface area contributed by atoms with Crippen LogP contribution in [-0.2, 0) is 4.79 Å². The van der Waals surface area contributed by atoms with Crippen molar-refractivity contribution < 1.29 is 19.0 Å². The zero-order valence-electron chi connectivity index (χ0n) is 18.9. The number of imidazole rings is 1. The van der Waals surface area contributed by atoms with E-state index < -0.39 is 0 Å². The Labute approximate surface area is 200 Å². The van der Waals surface area contributed by atoms with Crippen LogP contribution in [0.25, 0.3) is 28.6 Å². The highest BCUT2D eigenvalue weighted by molar-refractivity contribution is 6.04. The number of fused-ring (bicyclic) bond motifs is 1. The van der Waals surface area contributed by atoms with Gasteiger partial charge in [0.2, 0.25) is 5.95 Å². The largest absolute Gasteiger partial charge is 0.504 e. The van der Waals surface area contributed by atoms with Crippen LogP contribution < -0.4 is 15.1 Å². The first-order valence-corrected chi connectivity index (χ1v) is 10.9. The maximum Gasteiger partial charge on any atom is 0.253 e. The summed E-state index contributed by atoms with van der Waals surface area (Å²) in [6, 6.07) is 14.7. The highest BCUT2D eigenvalue weighted by Gasteiger charge is 2.29. The van der Waals surface area contributed by atoms with Crippen molar-refractivity contribution in [3.63, 3.8) is 0 Å². The molecule has 0 saturated heterocycles. The van der Waals surface area contributed by atoms with Crippen molar-refractivity contribution in [3.8, 4) is 34.0 Å². The second kappa shape index (κ2) is 9.30. The Morgan fingerprint density at radius 1 is 1.11 bits per heavy atom. The first-order valence-electron chi connectivity index (χ1n) is 10.9. The Morgan fingerprint density at radius 3 is 2.63 bits per heavy atom. The van der Waals surface area contributed by atoms with Crippen LogP contribution in [0.1, 0.15) is 5.56 Å². The molecule has 0 saturated carbocycles. The summed E-state index contributed by atoms with van der Waals surface area (Å²) in [6.45, 7) is 0.925. The number of hydrogen-bond donors (Lipinski definition) is 2. The van der Waals surface area contributed by atoms with Gasteiger partial charge in [0.1, 0.15) is 11.5 Å². The molecule has 176 valence electrons. The summed E-state index contributed by atoms with van der Waals surface area (Å²) in [5.41, 5.74) is 6.95. The molecule has 8 nitrogen and oxygen atoms in total. The molecule has 0 spiro atoms. The van der Waals surface area contributed by atoms with E-state index in [4.69, 9.17) is 9.72 Å². The number of carbonyl (C=O) groups excluding carboxylic acids is 1. The van der Waals surface area contributed by atoms with E-state index in [9.17, 15) is 14.3 Å². The molecule has 0 aliphatic carbocycles. The lowest BCUT2D eigenvalue weighted by Crippen LogP contribution is -2.43. The molecule has 0 radical (unpaired) electrons. The summed E-state index contributed by atoms with van der Waals surface area (Å²) < 4.78 is 20.5. The maximum atomic E-state index is 13.6. The van der Waals surface area contributed by atoms with E-state index >= 15 is 0 Å². The summed E-state index contributed by atoms with van der Waals surface area (Å²) >= 11 is 0. The van der Waals surface area contributed by atoms with E-state index in [2.05, 4.69) is 10.4 Å². The molecule has 0 bridgehead atoms. The fourth-order valence-electron chi connectivity index (χ4n) is 3.96. The number of phenols is 1. The number of benzene rings is 2. The van der Waals surface area contributed by atoms with Crippen molar-refractivity contribution in [2.75, 3.05) is 30.5 Å². The average Bonchev–Trinajstić information content (AvgIpc) is 3.28. The van der Waals surface area contributed by atoms with Crippen LogP contribution in [0.2, 0.25) is 0 Å². The lowest BCUT2D eigenvalue weighted by atomic mass is 10.1. The van der Waals surface area contributed by atoms with E-state index in [1.54, 1.807) is 52.3 Å². The molecule has 0 fully saturated rings. The molecular weight excluding hydrogens is 449 g/mol. The molecule has 1 aliphatic rings. The molecule has 1 aliphatic heterocycles. The molecule has 1 amide bonds. The highest BCUT2D eigenvalue weighted by atomic mass is 19.1. The minimum Gasteiger partial charge on any atom is -0.504 e. The molecule has 0 unspecified atom stereocenters. The molecule has 2 N–H and O–H groups in total. The normalized spacial score (nSPS) is 12.9. The van der Waals surface area contributed by atoms with Gasteiger partial charge in [-0.05, 0) is 60.2 Å². The zero-order chi connectivity index (χ0) is 24.4. The fraction of sp³-hybridized carbons (Fsp3) is 0.115. The summed E-state index contributed by atoms with van der Waals surface area (Å²) in [4.78, 5) is 23.7. The SMILES string of the molecule is COc1cc(C=CC(=O)N2CCNn3c2nc(-c2ccc(F)cc2)c3-c2ccncc2)ccc1O. The summed E-state index contributed by atoms with van der Waals surface area (Å²) in [5.74, 6) is 0.187. The molecule has 9 heteroatoms. The van der Waals surface area contributed by atoms with E-state index in [1.165, 1.54) is 31.4 Å². The number of nitrogens with zero attached hydrogens (tertiary/aromatic N) is 4. The lowest BCUT2D eigenvalue weighted by Gasteiger charge is -2.28. The smallest absolute Gasteiger partial charge is 0.253 e. The van der Waals surface area contributed by atoms with Crippen LogP contribution in [0.4, 0.5) is 10.3 Å². The Hall–Kier alpha value is -4.66. The van der Waals surface area contributed by atoms with Gasteiger partial charge in [0.05, 0.1) is 12.8 Å². The van der Waals surface area contributed by atoms with Crippen LogP contribution in [0.15, 0.2) is 73.1 Å². The zero-order valence-corrected chi connectivity index (χ0v) is 18.9. The van der Waals surface area contributed by atoms with Gasteiger partial charge in [0.25, 0.3) is 5.91 Å². The van der Waals surface area contributed by atoms with Crippen molar-refractivity contribution in [2.45, 2.75) is 0 Å². The van der Waals surface area contributed by atoms with E-state index in [-0.39, 0.29) is 17.5 Å². The minimum atomic E-state index is -0.339. The first kappa shape index (κ1) is 22.1. The lowest BCUT2D eigenvalue weighted by molar-refractivity contribution is -0.114. The van der Waals surface area contributed by atoms with Gasteiger partial charge in [-0.25, -0.2) is 14.1 Å². The number of nitrogens with one attached hydrogen (secondary N) is 1. The van der Waals surface area contributed by atoms with Gasteiger partial charge in [-0.2, -0.15) is 0 Å². The fourth-order valence-corrected chi connectivity index (χ4v) is 3.96. The second-order valence-corrected chi connectivity index (χ2v) is 7.85. The van der Waals surface area contributed by atoms with E-state index in [0.29, 0.717) is 36.0 Å². The number of halogens is 1. The number of phenolic OH excluding ortho intramolecular Hbond substituents is 1. The molecule has 2 aromatic heterocycles. The third-order valence-electron chi connectivity index (χ3n) is 5.67. The average molecular weight is 471 g/mol.